The second-order valence-corrected chi connectivity index (χ2v) is 3.78. The van der Waals surface area contributed by atoms with Gasteiger partial charge in [0.25, 0.3) is 0 Å². The number of rotatable bonds is 3. The first-order valence-corrected chi connectivity index (χ1v) is 5.22. The number of hydrogen-bond acceptors (Lipinski definition) is 3. The van der Waals surface area contributed by atoms with Crippen LogP contribution in [0, 0.1) is 5.92 Å². The van der Waals surface area contributed by atoms with Crippen LogP contribution >= 0.6 is 0 Å². The van der Waals surface area contributed by atoms with Gasteiger partial charge in [0.15, 0.2) is 5.84 Å². The molecule has 0 radical (unpaired) electrons. The maximum Gasteiger partial charge on any atom is 0.418 e. The third kappa shape index (κ3) is 3.60. The Morgan fingerprint density at radius 3 is 2.53 bits per heavy atom. The predicted molar refractivity (Wildman–Crippen MR) is 62.6 cm³/mol. The SMILES string of the molecule is CC(C(=O)Nc1ccccc1C(F)(F)F)C(N)=NO. The second-order valence-electron chi connectivity index (χ2n) is 3.78. The van der Waals surface area contributed by atoms with Crippen LogP contribution in [0.4, 0.5) is 18.9 Å². The Morgan fingerprint density at radius 2 is 2.00 bits per heavy atom. The number of benzene rings is 1. The molecule has 4 N–H and O–H groups in total. The number of carbonyl (C=O) groups excluding carboxylic acids is 1. The lowest BCUT2D eigenvalue weighted by Crippen LogP contribution is -2.33. The van der Waals surface area contributed by atoms with Crippen LogP contribution in [-0.2, 0) is 11.0 Å². The van der Waals surface area contributed by atoms with E-state index >= 15 is 0 Å². The van der Waals surface area contributed by atoms with E-state index in [0.29, 0.717) is 0 Å². The summed E-state index contributed by atoms with van der Waals surface area (Å²) >= 11 is 0. The number of oxime groups is 1. The zero-order valence-electron chi connectivity index (χ0n) is 9.90. The van der Waals surface area contributed by atoms with E-state index in [4.69, 9.17) is 10.9 Å². The van der Waals surface area contributed by atoms with Gasteiger partial charge in [-0.05, 0) is 19.1 Å². The molecule has 8 heteroatoms. The molecule has 1 aromatic carbocycles. The van der Waals surface area contributed by atoms with Crippen molar-refractivity contribution >= 4 is 17.4 Å². The molecule has 1 unspecified atom stereocenters. The van der Waals surface area contributed by atoms with Crippen LogP contribution < -0.4 is 11.1 Å². The standard InChI is InChI=1S/C11H12F3N3O2/c1-6(9(15)17-19)10(18)16-8-5-3-2-4-7(8)11(12,13)14/h2-6,19H,1H3,(H2,15,17)(H,16,18). The zero-order valence-corrected chi connectivity index (χ0v) is 9.90. The highest BCUT2D eigenvalue weighted by Crippen LogP contribution is 2.34. The number of amidine groups is 1. The largest absolute Gasteiger partial charge is 0.418 e. The molecule has 104 valence electrons. The third-order valence-electron chi connectivity index (χ3n) is 2.44. The van der Waals surface area contributed by atoms with Crippen LogP contribution in [0.2, 0.25) is 0 Å². The average molecular weight is 275 g/mol. The number of nitrogens with one attached hydrogen (secondary N) is 1. The Balaban J connectivity index is 2.98. The summed E-state index contributed by atoms with van der Waals surface area (Å²) in [5.74, 6) is -2.24. The summed E-state index contributed by atoms with van der Waals surface area (Å²) in [5, 5.41) is 13.1. The van der Waals surface area contributed by atoms with E-state index < -0.39 is 23.6 Å². The fourth-order valence-electron chi connectivity index (χ4n) is 1.30. The van der Waals surface area contributed by atoms with Crippen LogP contribution in [0.15, 0.2) is 29.4 Å². The summed E-state index contributed by atoms with van der Waals surface area (Å²) < 4.78 is 38.1. The van der Waals surface area contributed by atoms with Gasteiger partial charge >= 0.3 is 6.18 Å². The first-order chi connectivity index (χ1) is 8.77. The molecule has 0 aliphatic heterocycles. The van der Waals surface area contributed by atoms with Crippen LogP contribution in [0.1, 0.15) is 12.5 Å². The molecule has 1 rings (SSSR count). The van der Waals surface area contributed by atoms with Crippen molar-refractivity contribution in [1.82, 2.24) is 0 Å². The van der Waals surface area contributed by atoms with Gasteiger partial charge in [-0.2, -0.15) is 13.2 Å². The molecule has 0 heterocycles. The van der Waals surface area contributed by atoms with E-state index in [1.807, 2.05) is 0 Å². The Bertz CT molecular complexity index is 500. The molecule has 0 spiro atoms. The Hall–Kier alpha value is -2.25. The molecule has 0 fully saturated rings. The Labute approximate surface area is 106 Å². The van der Waals surface area contributed by atoms with Crippen molar-refractivity contribution in [3.63, 3.8) is 0 Å². The molecular formula is C11H12F3N3O2. The maximum absolute atomic E-state index is 12.7. The Morgan fingerprint density at radius 1 is 1.42 bits per heavy atom. The summed E-state index contributed by atoms with van der Waals surface area (Å²) in [6, 6.07) is 4.55. The second kappa shape index (κ2) is 5.59. The van der Waals surface area contributed by atoms with Crippen molar-refractivity contribution in [2.45, 2.75) is 13.1 Å². The maximum atomic E-state index is 12.7. The van der Waals surface area contributed by atoms with Gasteiger partial charge in [-0.15, -0.1) is 0 Å². The van der Waals surface area contributed by atoms with Crippen molar-refractivity contribution in [2.75, 3.05) is 5.32 Å². The number of amides is 1. The first kappa shape index (κ1) is 14.8. The smallest absolute Gasteiger partial charge is 0.409 e. The lowest BCUT2D eigenvalue weighted by atomic mass is 10.1. The van der Waals surface area contributed by atoms with Gasteiger partial charge in [0, 0.05) is 0 Å². The first-order valence-electron chi connectivity index (χ1n) is 5.22. The number of para-hydroxylation sites is 1. The topological polar surface area (TPSA) is 87.7 Å². The van der Waals surface area contributed by atoms with Crippen molar-refractivity contribution in [3.8, 4) is 0 Å². The number of alkyl halides is 3. The highest BCUT2D eigenvalue weighted by Gasteiger charge is 2.34. The molecule has 0 saturated heterocycles. The van der Waals surface area contributed by atoms with Gasteiger partial charge in [0.2, 0.25) is 5.91 Å². The third-order valence-corrected chi connectivity index (χ3v) is 2.44. The molecule has 5 nitrogen and oxygen atoms in total. The number of anilines is 1. The van der Waals surface area contributed by atoms with Crippen molar-refractivity contribution in [2.24, 2.45) is 16.8 Å². The van der Waals surface area contributed by atoms with E-state index in [0.717, 1.165) is 12.1 Å². The van der Waals surface area contributed by atoms with E-state index in [1.54, 1.807) is 0 Å². The highest BCUT2D eigenvalue weighted by atomic mass is 19.4. The molecule has 0 bridgehead atoms. The summed E-state index contributed by atoms with van der Waals surface area (Å²) in [6.45, 7) is 1.31. The summed E-state index contributed by atoms with van der Waals surface area (Å²) in [6.07, 6.45) is -4.58. The van der Waals surface area contributed by atoms with Crippen molar-refractivity contribution in [1.29, 1.82) is 0 Å². The molecule has 1 atom stereocenters. The van der Waals surface area contributed by atoms with Crippen LogP contribution in [0.5, 0.6) is 0 Å². The summed E-state index contributed by atoms with van der Waals surface area (Å²) in [5.41, 5.74) is 3.87. The van der Waals surface area contributed by atoms with E-state index in [9.17, 15) is 18.0 Å². The summed E-state index contributed by atoms with van der Waals surface area (Å²) in [4.78, 5) is 11.6. The molecule has 0 saturated carbocycles. The van der Waals surface area contributed by atoms with Gasteiger partial charge < -0.3 is 16.3 Å². The van der Waals surface area contributed by atoms with Crippen molar-refractivity contribution < 1.29 is 23.2 Å². The van der Waals surface area contributed by atoms with Crippen LogP contribution in [-0.4, -0.2) is 17.0 Å². The van der Waals surface area contributed by atoms with Gasteiger partial charge in [0.1, 0.15) is 0 Å². The lowest BCUT2D eigenvalue weighted by molar-refractivity contribution is -0.137. The predicted octanol–water partition coefficient (Wildman–Crippen LogP) is 2.03. The van der Waals surface area contributed by atoms with E-state index in [-0.39, 0.29) is 11.5 Å². The quantitative estimate of drug-likeness (QED) is 0.341. The molecule has 1 aromatic rings. The van der Waals surface area contributed by atoms with E-state index in [2.05, 4.69) is 10.5 Å². The molecule has 0 aliphatic carbocycles. The molecule has 0 aliphatic rings. The number of nitrogens with two attached hydrogens (primary N) is 1. The van der Waals surface area contributed by atoms with Gasteiger partial charge in [0.05, 0.1) is 17.2 Å². The Kier molecular flexibility index (Phi) is 4.36. The van der Waals surface area contributed by atoms with Gasteiger partial charge in [-0.25, -0.2) is 0 Å². The van der Waals surface area contributed by atoms with E-state index in [1.165, 1.54) is 19.1 Å². The minimum Gasteiger partial charge on any atom is -0.409 e. The molecule has 1 amide bonds. The fraction of sp³-hybridized carbons (Fsp3) is 0.273. The summed E-state index contributed by atoms with van der Waals surface area (Å²) in [7, 11) is 0. The average Bonchev–Trinajstić information content (AvgIpc) is 2.36. The van der Waals surface area contributed by atoms with Crippen LogP contribution in [0.3, 0.4) is 0 Å². The van der Waals surface area contributed by atoms with Gasteiger partial charge in [-0.3, -0.25) is 4.79 Å². The van der Waals surface area contributed by atoms with Crippen LogP contribution in [0.25, 0.3) is 0 Å². The highest BCUT2D eigenvalue weighted by molar-refractivity contribution is 6.07. The van der Waals surface area contributed by atoms with Gasteiger partial charge in [-0.1, -0.05) is 17.3 Å². The fourth-order valence-corrected chi connectivity index (χ4v) is 1.30. The molecule has 19 heavy (non-hydrogen) atoms. The molecular weight excluding hydrogens is 263 g/mol. The monoisotopic (exact) mass is 275 g/mol. The minimum atomic E-state index is -4.58. The number of carbonyl (C=O) groups is 1. The molecule has 0 aromatic heterocycles. The minimum absolute atomic E-state index is 0.377. The van der Waals surface area contributed by atoms with Crippen molar-refractivity contribution in [3.05, 3.63) is 29.8 Å². The zero-order chi connectivity index (χ0) is 14.6. The number of halogens is 3. The normalized spacial score (nSPS) is 14.0. The lowest BCUT2D eigenvalue weighted by Gasteiger charge is -2.15. The number of hydrogen-bond donors (Lipinski definition) is 3. The number of nitrogens with zero attached hydrogens (tertiary/aromatic N) is 1.